The van der Waals surface area contributed by atoms with Crippen molar-refractivity contribution in [2.24, 2.45) is 0 Å². The molecule has 0 saturated carbocycles. The molecule has 0 aliphatic heterocycles. The molecule has 0 atom stereocenters. The molecular formula is C11H18. The quantitative estimate of drug-likeness (QED) is 0.423. The highest BCUT2D eigenvalue weighted by Crippen LogP contribution is 1.99. The third-order valence-corrected chi connectivity index (χ3v) is 1.00. The smallest absolute Gasteiger partial charge is 0.0308 e. The Hall–Kier alpha value is -1.04. The maximum atomic E-state index is 3.63. The molecule has 0 aromatic carbocycles. The second kappa shape index (κ2) is 11.7. The number of allylic oxidation sites excluding steroid dienone is 5. The lowest BCUT2D eigenvalue weighted by atomic mass is 10.2. The summed E-state index contributed by atoms with van der Waals surface area (Å²) < 4.78 is 0. The van der Waals surface area contributed by atoms with Gasteiger partial charge >= 0.3 is 0 Å². The fourth-order valence-electron chi connectivity index (χ4n) is 0.482. The molecule has 11 heavy (non-hydrogen) atoms. The summed E-state index contributed by atoms with van der Waals surface area (Å²) in [6.45, 7) is 14.6. The van der Waals surface area contributed by atoms with Gasteiger partial charge in [0.25, 0.3) is 0 Å². The van der Waals surface area contributed by atoms with Crippen molar-refractivity contribution in [2.75, 3.05) is 0 Å². The van der Waals surface area contributed by atoms with Gasteiger partial charge < -0.3 is 0 Å². The lowest BCUT2D eigenvalue weighted by Gasteiger charge is -1.89. The Balaban J connectivity index is 0. The van der Waals surface area contributed by atoms with Crippen molar-refractivity contribution in [1.82, 2.24) is 0 Å². The van der Waals surface area contributed by atoms with Crippen LogP contribution in [-0.4, -0.2) is 0 Å². The molecule has 0 heterocycles. The number of rotatable bonds is 3. The molecule has 0 aliphatic rings. The van der Waals surface area contributed by atoms with Gasteiger partial charge in [-0.3, -0.25) is 0 Å². The van der Waals surface area contributed by atoms with Crippen molar-refractivity contribution in [3.8, 4) is 0 Å². The summed E-state index contributed by atoms with van der Waals surface area (Å²) in [4.78, 5) is 0. The minimum atomic E-state index is 1.04. The Morgan fingerprint density at radius 1 is 1.27 bits per heavy atom. The van der Waals surface area contributed by atoms with Crippen molar-refractivity contribution < 1.29 is 0 Å². The molecule has 0 aromatic heterocycles. The van der Waals surface area contributed by atoms with Gasteiger partial charge in [0.15, 0.2) is 0 Å². The van der Waals surface area contributed by atoms with Crippen LogP contribution >= 0.6 is 0 Å². The van der Waals surface area contributed by atoms with Crippen LogP contribution in [0.3, 0.4) is 0 Å². The summed E-state index contributed by atoms with van der Waals surface area (Å²) in [5, 5.41) is 0. The predicted molar refractivity (Wildman–Crippen MR) is 54.6 cm³/mol. The fourth-order valence-corrected chi connectivity index (χ4v) is 0.482. The van der Waals surface area contributed by atoms with Crippen molar-refractivity contribution in [3.63, 3.8) is 0 Å². The van der Waals surface area contributed by atoms with Gasteiger partial charge in [-0.1, -0.05) is 44.4 Å². The van der Waals surface area contributed by atoms with Crippen LogP contribution in [0.2, 0.25) is 0 Å². The number of hydrogen-bond donors (Lipinski definition) is 0. The minimum Gasteiger partial charge on any atom is -0.103 e. The summed E-state index contributed by atoms with van der Waals surface area (Å²) in [6, 6.07) is 0. The summed E-state index contributed by atoms with van der Waals surface area (Å²) >= 11 is 0. The van der Waals surface area contributed by atoms with Crippen molar-refractivity contribution >= 4 is 0 Å². The zero-order valence-electron chi connectivity index (χ0n) is 7.64. The third kappa shape index (κ3) is 12.2. The largest absolute Gasteiger partial charge is 0.103 e. The summed E-state index contributed by atoms with van der Waals surface area (Å²) in [6.07, 6.45) is 8.38. The molecule has 0 amide bonds. The van der Waals surface area contributed by atoms with Gasteiger partial charge in [-0.2, -0.15) is 0 Å². The van der Waals surface area contributed by atoms with E-state index in [9.17, 15) is 0 Å². The van der Waals surface area contributed by atoms with Gasteiger partial charge in [-0.05, 0) is 18.9 Å². The molecule has 0 rings (SSSR count). The van der Waals surface area contributed by atoms with Crippen LogP contribution < -0.4 is 0 Å². The maximum Gasteiger partial charge on any atom is -0.0308 e. The normalized spacial score (nSPS) is 9.09. The molecule has 0 saturated heterocycles. The first-order valence-electron chi connectivity index (χ1n) is 3.77. The first kappa shape index (κ1) is 12.6. The van der Waals surface area contributed by atoms with Gasteiger partial charge in [0.05, 0.1) is 0 Å². The molecule has 0 N–H and O–H groups in total. The SMILES string of the molecule is C=C/C=C(\C=C)CC.C=CC. The molecule has 62 valence electrons. The van der Waals surface area contributed by atoms with Gasteiger partial charge in [0.2, 0.25) is 0 Å². The molecule has 0 spiro atoms. The Labute approximate surface area is 70.6 Å². The maximum absolute atomic E-state index is 3.63. The van der Waals surface area contributed by atoms with E-state index >= 15 is 0 Å². The average molecular weight is 150 g/mol. The molecule has 0 aromatic rings. The summed E-state index contributed by atoms with van der Waals surface area (Å²) in [7, 11) is 0. The Kier molecular flexibility index (Phi) is 13.4. The van der Waals surface area contributed by atoms with E-state index in [1.54, 1.807) is 12.2 Å². The molecule has 0 aliphatic carbocycles. The lowest BCUT2D eigenvalue weighted by Crippen LogP contribution is -1.68. The topological polar surface area (TPSA) is 0 Å². The van der Waals surface area contributed by atoms with Gasteiger partial charge in [-0.25, -0.2) is 0 Å². The highest BCUT2D eigenvalue weighted by Gasteiger charge is 1.79. The Bertz CT molecular complexity index is 138. The van der Waals surface area contributed by atoms with E-state index < -0.39 is 0 Å². The molecule has 0 radical (unpaired) electrons. The van der Waals surface area contributed by atoms with E-state index in [-0.39, 0.29) is 0 Å². The monoisotopic (exact) mass is 150 g/mol. The average Bonchev–Trinajstić information content (AvgIpc) is 2.02. The highest BCUT2D eigenvalue weighted by atomic mass is 13.8. The third-order valence-electron chi connectivity index (χ3n) is 1.00. The van der Waals surface area contributed by atoms with E-state index in [2.05, 4.69) is 26.7 Å². The lowest BCUT2D eigenvalue weighted by molar-refractivity contribution is 1.15. The van der Waals surface area contributed by atoms with Crippen LogP contribution in [0, 0.1) is 0 Å². The van der Waals surface area contributed by atoms with Crippen molar-refractivity contribution in [2.45, 2.75) is 20.3 Å². The zero-order chi connectivity index (χ0) is 9.11. The first-order valence-corrected chi connectivity index (χ1v) is 3.77. The fraction of sp³-hybridized carbons (Fsp3) is 0.273. The molecule has 0 unspecified atom stereocenters. The van der Waals surface area contributed by atoms with E-state index in [0.717, 1.165) is 6.42 Å². The van der Waals surface area contributed by atoms with Crippen LogP contribution in [0.1, 0.15) is 20.3 Å². The van der Waals surface area contributed by atoms with Crippen molar-refractivity contribution in [3.05, 3.63) is 49.6 Å². The van der Waals surface area contributed by atoms with E-state index in [1.807, 2.05) is 19.1 Å². The first-order chi connectivity index (χ1) is 5.26. The van der Waals surface area contributed by atoms with Crippen LogP contribution in [-0.2, 0) is 0 Å². The molecule has 0 heteroatoms. The van der Waals surface area contributed by atoms with Crippen LogP contribution in [0.5, 0.6) is 0 Å². The zero-order valence-corrected chi connectivity index (χ0v) is 7.64. The summed E-state index contributed by atoms with van der Waals surface area (Å²) in [5.41, 5.74) is 1.24. The standard InChI is InChI=1S/C8H12.C3H6/c1-4-7-8(5-2)6-3;1-3-2/h4-5,7H,1-2,6H2,3H3;3H,1H2,2H3/b8-7+;. The molecule has 0 bridgehead atoms. The van der Waals surface area contributed by atoms with Gasteiger partial charge in [-0.15, -0.1) is 6.58 Å². The van der Waals surface area contributed by atoms with Gasteiger partial charge in [0, 0.05) is 0 Å². The second-order valence-corrected chi connectivity index (χ2v) is 1.94. The van der Waals surface area contributed by atoms with E-state index in [1.165, 1.54) is 5.57 Å². The molecule has 0 fully saturated rings. The number of hydrogen-bond acceptors (Lipinski definition) is 0. The van der Waals surface area contributed by atoms with Crippen molar-refractivity contribution in [1.29, 1.82) is 0 Å². The van der Waals surface area contributed by atoms with E-state index in [0.29, 0.717) is 0 Å². The van der Waals surface area contributed by atoms with Crippen LogP contribution in [0.15, 0.2) is 49.6 Å². The second-order valence-electron chi connectivity index (χ2n) is 1.94. The predicted octanol–water partition coefficient (Wildman–Crippen LogP) is 3.89. The molecular weight excluding hydrogens is 132 g/mol. The van der Waals surface area contributed by atoms with Gasteiger partial charge in [0.1, 0.15) is 0 Å². The van der Waals surface area contributed by atoms with E-state index in [4.69, 9.17) is 0 Å². The summed E-state index contributed by atoms with van der Waals surface area (Å²) in [5.74, 6) is 0. The minimum absolute atomic E-state index is 1.04. The molecule has 0 nitrogen and oxygen atoms in total. The van der Waals surface area contributed by atoms with Crippen LogP contribution in [0.4, 0.5) is 0 Å². The van der Waals surface area contributed by atoms with Crippen LogP contribution in [0.25, 0.3) is 0 Å². The highest BCUT2D eigenvalue weighted by molar-refractivity contribution is 5.20. The Morgan fingerprint density at radius 2 is 1.73 bits per heavy atom. The Morgan fingerprint density at radius 3 is 1.82 bits per heavy atom.